The van der Waals surface area contributed by atoms with E-state index in [-0.39, 0.29) is 0 Å². The zero-order valence-corrected chi connectivity index (χ0v) is 13.9. The van der Waals surface area contributed by atoms with E-state index in [1.807, 2.05) is 18.2 Å². The number of methoxy groups -OCH3 is 2. The van der Waals surface area contributed by atoms with Crippen LogP contribution in [0.5, 0.6) is 11.5 Å². The topological polar surface area (TPSA) is 67.2 Å². The molecular formula is C18H14ClN3O2. The fraction of sp³-hybridized carbons (Fsp3) is 0.111. The highest BCUT2D eigenvalue weighted by atomic mass is 35.5. The Hall–Kier alpha value is -2.97. The molecule has 0 unspecified atom stereocenters. The smallest absolute Gasteiger partial charge is 0.187 e. The molecular weight excluding hydrogens is 326 g/mol. The Morgan fingerprint density at radius 1 is 1.17 bits per heavy atom. The zero-order chi connectivity index (χ0) is 17.1. The maximum atomic E-state index is 9.43. The molecule has 1 aromatic heterocycles. The second-order valence-corrected chi connectivity index (χ2v) is 5.43. The maximum Gasteiger partial charge on any atom is 0.187 e. The van der Waals surface area contributed by atoms with Crippen molar-refractivity contribution in [1.82, 2.24) is 4.98 Å². The summed E-state index contributed by atoms with van der Waals surface area (Å²) in [6, 6.07) is 13.1. The number of aromatic nitrogens is 1. The van der Waals surface area contributed by atoms with Gasteiger partial charge in [0.15, 0.2) is 11.5 Å². The van der Waals surface area contributed by atoms with E-state index in [2.05, 4.69) is 16.4 Å². The number of nitriles is 1. The highest BCUT2D eigenvalue weighted by Crippen LogP contribution is 2.39. The molecule has 3 rings (SSSR count). The van der Waals surface area contributed by atoms with Crippen molar-refractivity contribution in [2.45, 2.75) is 0 Å². The first kappa shape index (κ1) is 15.9. The number of halogens is 1. The lowest BCUT2D eigenvalue weighted by molar-refractivity contribution is 0.358. The van der Waals surface area contributed by atoms with Crippen LogP contribution in [-0.2, 0) is 0 Å². The molecule has 0 amide bonds. The van der Waals surface area contributed by atoms with Crippen LogP contribution in [-0.4, -0.2) is 19.2 Å². The molecule has 0 aliphatic carbocycles. The molecule has 0 spiro atoms. The molecule has 6 heteroatoms. The van der Waals surface area contributed by atoms with Crippen LogP contribution in [0, 0.1) is 11.3 Å². The number of pyridine rings is 1. The van der Waals surface area contributed by atoms with E-state index in [1.54, 1.807) is 32.4 Å². The predicted octanol–water partition coefficient (Wildman–Crippen LogP) is 4.52. The molecule has 0 aliphatic rings. The third kappa shape index (κ3) is 2.80. The summed E-state index contributed by atoms with van der Waals surface area (Å²) in [5.41, 5.74) is 2.46. The van der Waals surface area contributed by atoms with E-state index in [0.717, 1.165) is 11.1 Å². The highest BCUT2D eigenvalue weighted by Gasteiger charge is 2.16. The Labute approximate surface area is 144 Å². The van der Waals surface area contributed by atoms with Gasteiger partial charge in [-0.3, -0.25) is 4.98 Å². The van der Waals surface area contributed by atoms with Crippen LogP contribution in [0.15, 0.2) is 42.6 Å². The Morgan fingerprint density at radius 3 is 2.67 bits per heavy atom. The van der Waals surface area contributed by atoms with E-state index >= 15 is 0 Å². The monoisotopic (exact) mass is 339 g/mol. The van der Waals surface area contributed by atoms with Gasteiger partial charge in [0, 0.05) is 22.3 Å². The fourth-order valence-corrected chi connectivity index (χ4v) is 2.70. The summed E-state index contributed by atoms with van der Waals surface area (Å²) in [6.07, 6.45) is 1.51. The summed E-state index contributed by atoms with van der Waals surface area (Å²) in [6.45, 7) is 0. The van der Waals surface area contributed by atoms with Crippen LogP contribution in [0.4, 0.5) is 11.4 Å². The molecule has 0 fully saturated rings. The number of fused-ring (bicyclic) bond motifs is 1. The van der Waals surface area contributed by atoms with Gasteiger partial charge in [-0.05, 0) is 30.3 Å². The van der Waals surface area contributed by atoms with Gasteiger partial charge >= 0.3 is 0 Å². The molecule has 24 heavy (non-hydrogen) atoms. The first-order valence-electron chi connectivity index (χ1n) is 7.14. The summed E-state index contributed by atoms with van der Waals surface area (Å²) in [7, 11) is 3.12. The lowest BCUT2D eigenvalue weighted by Gasteiger charge is -2.15. The summed E-state index contributed by atoms with van der Waals surface area (Å²) < 4.78 is 10.7. The summed E-state index contributed by atoms with van der Waals surface area (Å²) >= 11 is 6.04. The minimum Gasteiger partial charge on any atom is -0.493 e. The molecule has 0 bridgehead atoms. The highest BCUT2D eigenvalue weighted by molar-refractivity contribution is 6.30. The minimum absolute atomic E-state index is 0.426. The molecule has 0 saturated heterocycles. The van der Waals surface area contributed by atoms with Gasteiger partial charge in [-0.2, -0.15) is 5.26 Å². The number of benzene rings is 2. The molecule has 0 aliphatic heterocycles. The lowest BCUT2D eigenvalue weighted by Crippen LogP contribution is -1.99. The van der Waals surface area contributed by atoms with Gasteiger partial charge in [0.25, 0.3) is 0 Å². The molecule has 0 radical (unpaired) electrons. The van der Waals surface area contributed by atoms with Crippen LogP contribution < -0.4 is 14.8 Å². The largest absolute Gasteiger partial charge is 0.493 e. The predicted molar refractivity (Wildman–Crippen MR) is 94.3 cm³/mol. The zero-order valence-electron chi connectivity index (χ0n) is 13.1. The number of hydrogen-bond donors (Lipinski definition) is 1. The number of rotatable bonds is 4. The second-order valence-electron chi connectivity index (χ2n) is 4.99. The number of anilines is 2. The summed E-state index contributed by atoms with van der Waals surface area (Å²) in [5.74, 6) is 1.10. The van der Waals surface area contributed by atoms with Gasteiger partial charge in [0.1, 0.15) is 11.6 Å². The van der Waals surface area contributed by atoms with Crippen LogP contribution >= 0.6 is 11.6 Å². The molecule has 0 atom stereocenters. The van der Waals surface area contributed by atoms with Crippen molar-refractivity contribution in [3.8, 4) is 17.6 Å². The first-order chi connectivity index (χ1) is 11.7. The summed E-state index contributed by atoms with van der Waals surface area (Å²) in [4.78, 5) is 4.36. The van der Waals surface area contributed by atoms with Gasteiger partial charge in [0.2, 0.25) is 0 Å². The lowest BCUT2D eigenvalue weighted by atomic mass is 10.1. The van der Waals surface area contributed by atoms with Crippen molar-refractivity contribution in [2.24, 2.45) is 0 Å². The fourth-order valence-electron chi connectivity index (χ4n) is 2.51. The number of nitrogens with zero attached hydrogens (tertiary/aromatic N) is 2. The van der Waals surface area contributed by atoms with Gasteiger partial charge in [-0.25, -0.2) is 0 Å². The van der Waals surface area contributed by atoms with E-state index in [0.29, 0.717) is 33.3 Å². The van der Waals surface area contributed by atoms with Gasteiger partial charge in [0.05, 0.1) is 25.5 Å². The molecule has 3 aromatic rings. The van der Waals surface area contributed by atoms with Crippen molar-refractivity contribution < 1.29 is 9.47 Å². The van der Waals surface area contributed by atoms with Gasteiger partial charge in [-0.1, -0.05) is 17.7 Å². The molecule has 0 saturated carbocycles. The number of ether oxygens (including phenoxy) is 2. The number of nitrogens with one attached hydrogen (secondary N) is 1. The van der Waals surface area contributed by atoms with Crippen LogP contribution in [0.2, 0.25) is 5.02 Å². The SMILES string of the molecule is COc1ccc2c(Nc3cccc(Cl)c3)c(C#N)cnc2c1OC. The average molecular weight is 340 g/mol. The van der Waals surface area contributed by atoms with Crippen molar-refractivity contribution in [2.75, 3.05) is 19.5 Å². The number of hydrogen-bond acceptors (Lipinski definition) is 5. The van der Waals surface area contributed by atoms with Crippen LogP contribution in [0.1, 0.15) is 5.56 Å². The third-order valence-electron chi connectivity index (χ3n) is 3.60. The van der Waals surface area contributed by atoms with E-state index < -0.39 is 0 Å². The van der Waals surface area contributed by atoms with Gasteiger partial charge in [-0.15, -0.1) is 0 Å². The Bertz CT molecular complexity index is 951. The van der Waals surface area contributed by atoms with Crippen molar-refractivity contribution in [3.05, 3.63) is 53.2 Å². The van der Waals surface area contributed by atoms with Gasteiger partial charge < -0.3 is 14.8 Å². The first-order valence-corrected chi connectivity index (χ1v) is 7.52. The quantitative estimate of drug-likeness (QED) is 0.756. The maximum absolute atomic E-state index is 9.43. The molecule has 2 aromatic carbocycles. The molecule has 1 N–H and O–H groups in total. The molecule has 120 valence electrons. The summed E-state index contributed by atoms with van der Waals surface area (Å²) in [5, 5.41) is 14.0. The Kier molecular flexibility index (Phi) is 4.41. The van der Waals surface area contributed by atoms with Crippen molar-refractivity contribution in [1.29, 1.82) is 5.26 Å². The molecule has 1 heterocycles. The van der Waals surface area contributed by atoms with Crippen LogP contribution in [0.25, 0.3) is 10.9 Å². The molecule has 5 nitrogen and oxygen atoms in total. The average Bonchev–Trinajstić information content (AvgIpc) is 2.60. The van der Waals surface area contributed by atoms with Crippen LogP contribution in [0.3, 0.4) is 0 Å². The van der Waals surface area contributed by atoms with E-state index in [9.17, 15) is 5.26 Å². The van der Waals surface area contributed by atoms with E-state index in [4.69, 9.17) is 21.1 Å². The van der Waals surface area contributed by atoms with Crippen molar-refractivity contribution >= 4 is 33.9 Å². The second kappa shape index (κ2) is 6.65. The third-order valence-corrected chi connectivity index (χ3v) is 3.83. The van der Waals surface area contributed by atoms with E-state index in [1.165, 1.54) is 6.20 Å². The Balaban J connectivity index is 2.23. The Morgan fingerprint density at radius 2 is 2.00 bits per heavy atom. The van der Waals surface area contributed by atoms with Crippen molar-refractivity contribution in [3.63, 3.8) is 0 Å². The minimum atomic E-state index is 0.426. The standard InChI is InChI=1S/C18H14ClN3O2/c1-23-15-7-6-14-16(22-13-5-3-4-12(19)8-13)11(9-20)10-21-17(14)18(15)24-2/h3-8,10H,1-2H3,(H,21,22). The normalized spacial score (nSPS) is 10.2.